The van der Waals surface area contributed by atoms with Gasteiger partial charge in [0.1, 0.15) is 21.3 Å². The largest absolute Gasteiger partial charge is 0.476 e. The molecule has 0 saturated carbocycles. The van der Waals surface area contributed by atoms with Crippen molar-refractivity contribution >= 4 is 40.6 Å². The van der Waals surface area contributed by atoms with E-state index < -0.39 is 35.7 Å². The number of alkyl carbamates (subject to hydrolysis) is 1. The zero-order valence-electron chi connectivity index (χ0n) is 19.3. The molecule has 3 N–H and O–H groups in total. The SMILES string of the molecule is CC(C)[C@H](NC(=O)OC(C)(C)C)c1nc(C(=O)N[C@H](c2nc(C(=O)O)cs2)C(C)C)cs1. The van der Waals surface area contributed by atoms with Crippen LogP contribution in [0, 0.1) is 11.8 Å². The fourth-order valence-electron chi connectivity index (χ4n) is 2.74. The Bertz CT molecular complexity index is 962. The highest BCUT2D eigenvalue weighted by atomic mass is 32.1. The molecule has 0 aromatic carbocycles. The zero-order chi connectivity index (χ0) is 24.2. The van der Waals surface area contributed by atoms with Gasteiger partial charge in [-0.05, 0) is 32.6 Å². The lowest BCUT2D eigenvalue weighted by atomic mass is 10.0. The van der Waals surface area contributed by atoms with Gasteiger partial charge >= 0.3 is 12.1 Å². The summed E-state index contributed by atoms with van der Waals surface area (Å²) in [7, 11) is 0. The first kappa shape index (κ1) is 25.7. The molecule has 11 heteroatoms. The van der Waals surface area contributed by atoms with Crippen LogP contribution in [0.2, 0.25) is 0 Å². The topological polar surface area (TPSA) is 131 Å². The van der Waals surface area contributed by atoms with Crippen LogP contribution in [0.15, 0.2) is 10.8 Å². The van der Waals surface area contributed by atoms with Gasteiger partial charge in [0.25, 0.3) is 5.91 Å². The molecule has 0 aliphatic carbocycles. The molecule has 0 fully saturated rings. The second kappa shape index (κ2) is 10.4. The molecule has 9 nitrogen and oxygen atoms in total. The quantitative estimate of drug-likeness (QED) is 0.499. The van der Waals surface area contributed by atoms with Crippen LogP contribution in [0.3, 0.4) is 0 Å². The van der Waals surface area contributed by atoms with Crippen molar-refractivity contribution in [1.29, 1.82) is 0 Å². The van der Waals surface area contributed by atoms with Crippen molar-refractivity contribution in [3.63, 3.8) is 0 Å². The van der Waals surface area contributed by atoms with Crippen molar-refractivity contribution < 1.29 is 24.2 Å². The van der Waals surface area contributed by atoms with E-state index in [1.807, 2.05) is 27.7 Å². The van der Waals surface area contributed by atoms with Crippen LogP contribution in [0.1, 0.15) is 91.5 Å². The van der Waals surface area contributed by atoms with Gasteiger partial charge in [-0.25, -0.2) is 19.6 Å². The fraction of sp³-hybridized carbons (Fsp3) is 0.571. The van der Waals surface area contributed by atoms with E-state index in [1.165, 1.54) is 28.1 Å². The lowest BCUT2D eigenvalue weighted by molar-refractivity contribution is 0.0489. The number of aromatic carboxylic acids is 1. The first-order valence-electron chi connectivity index (χ1n) is 10.2. The Morgan fingerprint density at radius 1 is 0.906 bits per heavy atom. The van der Waals surface area contributed by atoms with Gasteiger partial charge in [-0.1, -0.05) is 27.7 Å². The van der Waals surface area contributed by atoms with Gasteiger partial charge in [-0.2, -0.15) is 0 Å². The third-order valence-corrected chi connectivity index (χ3v) is 6.18. The van der Waals surface area contributed by atoms with E-state index in [9.17, 15) is 14.4 Å². The Hall–Kier alpha value is -2.53. The smallest absolute Gasteiger partial charge is 0.408 e. The molecular formula is C21H30N4O5S2. The molecule has 0 saturated heterocycles. The molecule has 2 atom stereocenters. The van der Waals surface area contributed by atoms with Gasteiger partial charge in [0.2, 0.25) is 0 Å². The molecule has 32 heavy (non-hydrogen) atoms. The maximum Gasteiger partial charge on any atom is 0.408 e. The number of nitrogens with zero attached hydrogens (tertiary/aromatic N) is 2. The number of hydrogen-bond acceptors (Lipinski definition) is 8. The summed E-state index contributed by atoms with van der Waals surface area (Å²) in [6.07, 6.45) is -0.546. The van der Waals surface area contributed by atoms with Crippen LogP contribution >= 0.6 is 22.7 Å². The van der Waals surface area contributed by atoms with E-state index in [-0.39, 0.29) is 23.2 Å². The van der Waals surface area contributed by atoms with Gasteiger partial charge in [0.05, 0.1) is 12.1 Å². The lowest BCUT2D eigenvalue weighted by Crippen LogP contribution is -2.37. The minimum Gasteiger partial charge on any atom is -0.476 e. The van der Waals surface area contributed by atoms with E-state index >= 15 is 0 Å². The normalized spacial score (nSPS) is 13.7. The molecular weight excluding hydrogens is 452 g/mol. The van der Waals surface area contributed by atoms with Crippen LogP contribution in [0.5, 0.6) is 0 Å². The number of thiazole rings is 2. The first-order valence-corrected chi connectivity index (χ1v) is 12.0. The highest BCUT2D eigenvalue weighted by Gasteiger charge is 2.28. The second-order valence-electron chi connectivity index (χ2n) is 9.01. The zero-order valence-corrected chi connectivity index (χ0v) is 20.9. The third-order valence-electron chi connectivity index (χ3n) is 4.32. The number of carbonyl (C=O) groups excluding carboxylic acids is 2. The standard InChI is InChI=1S/C21H30N4O5S2/c1-10(2)14(17-23-13(9-32-17)19(27)28)24-16(26)12-8-31-18(22-12)15(11(3)4)25-20(29)30-21(5,6)7/h8-11,14-15H,1-7H3,(H,24,26)(H,25,29)(H,27,28)/t14-,15-/m0/s1. The predicted molar refractivity (Wildman–Crippen MR) is 123 cm³/mol. The summed E-state index contributed by atoms with van der Waals surface area (Å²) in [6, 6.07) is -0.860. The molecule has 2 rings (SSSR count). The number of rotatable bonds is 8. The molecule has 2 heterocycles. The van der Waals surface area contributed by atoms with E-state index in [2.05, 4.69) is 20.6 Å². The van der Waals surface area contributed by atoms with Crippen molar-refractivity contribution in [2.24, 2.45) is 11.8 Å². The number of carbonyl (C=O) groups is 3. The molecule has 0 radical (unpaired) electrons. The Morgan fingerprint density at radius 3 is 1.81 bits per heavy atom. The number of ether oxygens (including phenoxy) is 1. The maximum atomic E-state index is 12.9. The van der Waals surface area contributed by atoms with Gasteiger partial charge in [-0.3, -0.25) is 4.79 Å². The molecule has 0 spiro atoms. The average molecular weight is 483 g/mol. The summed E-state index contributed by atoms with van der Waals surface area (Å²) in [5.74, 6) is -1.49. The van der Waals surface area contributed by atoms with Crippen molar-refractivity contribution in [2.45, 2.75) is 66.2 Å². The summed E-state index contributed by atoms with van der Waals surface area (Å²) in [5, 5.41) is 19.1. The number of hydrogen-bond donors (Lipinski definition) is 3. The summed E-state index contributed by atoms with van der Waals surface area (Å²) < 4.78 is 5.34. The van der Waals surface area contributed by atoms with E-state index in [4.69, 9.17) is 9.84 Å². The maximum absolute atomic E-state index is 12.9. The summed E-state index contributed by atoms with van der Waals surface area (Å²) in [6.45, 7) is 13.1. The number of carboxylic acid groups (broad SMARTS) is 1. The molecule has 2 aromatic heterocycles. The Balaban J connectivity index is 2.16. The van der Waals surface area contributed by atoms with Crippen LogP contribution in [-0.2, 0) is 4.74 Å². The predicted octanol–water partition coefficient (Wildman–Crippen LogP) is 4.65. The van der Waals surface area contributed by atoms with Crippen molar-refractivity contribution in [3.05, 3.63) is 32.2 Å². The second-order valence-corrected chi connectivity index (χ2v) is 10.8. The van der Waals surface area contributed by atoms with E-state index in [0.29, 0.717) is 10.0 Å². The molecule has 0 aliphatic rings. The van der Waals surface area contributed by atoms with E-state index in [0.717, 1.165) is 0 Å². The van der Waals surface area contributed by atoms with Crippen molar-refractivity contribution in [1.82, 2.24) is 20.6 Å². The first-order chi connectivity index (χ1) is 14.8. The molecule has 2 amide bonds. The minimum absolute atomic E-state index is 0.0119. The van der Waals surface area contributed by atoms with Crippen molar-refractivity contribution in [2.75, 3.05) is 0 Å². The molecule has 0 bridgehead atoms. The molecule has 2 aromatic rings. The Morgan fingerprint density at radius 2 is 1.38 bits per heavy atom. The van der Waals surface area contributed by atoms with Crippen molar-refractivity contribution in [3.8, 4) is 0 Å². The summed E-state index contributed by atoms with van der Waals surface area (Å²) >= 11 is 2.47. The van der Waals surface area contributed by atoms with Gasteiger partial charge in [0, 0.05) is 10.8 Å². The van der Waals surface area contributed by atoms with Gasteiger partial charge in [-0.15, -0.1) is 22.7 Å². The Labute approximate surface area is 195 Å². The average Bonchev–Trinajstić information content (AvgIpc) is 3.31. The number of aromatic nitrogens is 2. The van der Waals surface area contributed by atoms with Crippen LogP contribution in [0.4, 0.5) is 4.79 Å². The number of amides is 2. The molecule has 176 valence electrons. The monoisotopic (exact) mass is 482 g/mol. The van der Waals surface area contributed by atoms with Gasteiger partial charge < -0.3 is 20.5 Å². The molecule has 0 aliphatic heterocycles. The van der Waals surface area contributed by atoms with Crippen LogP contribution < -0.4 is 10.6 Å². The summed E-state index contributed by atoms with van der Waals surface area (Å²) in [4.78, 5) is 44.8. The Kier molecular flexibility index (Phi) is 8.35. The van der Waals surface area contributed by atoms with Gasteiger partial charge in [0.15, 0.2) is 5.69 Å². The van der Waals surface area contributed by atoms with Crippen LogP contribution in [0.25, 0.3) is 0 Å². The van der Waals surface area contributed by atoms with E-state index in [1.54, 1.807) is 26.2 Å². The lowest BCUT2D eigenvalue weighted by Gasteiger charge is -2.24. The third kappa shape index (κ3) is 6.99. The fourth-order valence-corrected chi connectivity index (χ4v) is 4.78. The highest BCUT2D eigenvalue weighted by molar-refractivity contribution is 7.10. The molecule has 0 unspecified atom stereocenters. The number of carboxylic acids is 1. The summed E-state index contributed by atoms with van der Waals surface area (Å²) in [5.41, 5.74) is -0.446. The number of nitrogens with one attached hydrogen (secondary N) is 2. The minimum atomic E-state index is -1.11. The van der Waals surface area contributed by atoms with Crippen LogP contribution in [-0.4, -0.2) is 38.6 Å². The highest BCUT2D eigenvalue weighted by Crippen LogP contribution is 2.28.